The first-order valence-electron chi connectivity index (χ1n) is 10.9. The van der Waals surface area contributed by atoms with E-state index < -0.39 is 0 Å². The average molecular weight is 392 g/mol. The Morgan fingerprint density at radius 1 is 1.03 bits per heavy atom. The Labute approximate surface area is 172 Å². The maximum absolute atomic E-state index is 5.42. The highest BCUT2D eigenvalue weighted by atomic mass is 16.5. The molecular formula is C23H29N5O. The second-order valence-corrected chi connectivity index (χ2v) is 8.43. The molecule has 0 radical (unpaired) electrons. The molecule has 3 aliphatic rings. The van der Waals surface area contributed by atoms with Crippen LogP contribution in [0.3, 0.4) is 0 Å². The maximum Gasteiger partial charge on any atom is 0.227 e. The molecule has 1 saturated carbocycles. The van der Waals surface area contributed by atoms with Crippen molar-refractivity contribution in [3.63, 3.8) is 0 Å². The highest BCUT2D eigenvalue weighted by Crippen LogP contribution is 2.45. The molecule has 3 heterocycles. The van der Waals surface area contributed by atoms with Crippen LogP contribution in [-0.2, 0) is 4.74 Å². The van der Waals surface area contributed by atoms with Gasteiger partial charge < -0.3 is 15.0 Å². The Morgan fingerprint density at radius 2 is 1.86 bits per heavy atom. The number of aromatic nitrogens is 3. The molecule has 1 unspecified atom stereocenters. The lowest BCUT2D eigenvalue weighted by atomic mass is 9.77. The van der Waals surface area contributed by atoms with E-state index in [0.29, 0.717) is 11.9 Å². The molecule has 2 aromatic rings. The molecule has 0 spiro atoms. The zero-order valence-electron chi connectivity index (χ0n) is 17.1. The van der Waals surface area contributed by atoms with Crippen LogP contribution in [0, 0.1) is 5.92 Å². The second kappa shape index (κ2) is 8.11. The third-order valence-electron chi connectivity index (χ3n) is 6.48. The van der Waals surface area contributed by atoms with Gasteiger partial charge in [0.05, 0.1) is 30.8 Å². The van der Waals surface area contributed by atoms with E-state index in [2.05, 4.69) is 45.3 Å². The third-order valence-corrected chi connectivity index (χ3v) is 6.48. The van der Waals surface area contributed by atoms with Gasteiger partial charge >= 0.3 is 0 Å². The quantitative estimate of drug-likeness (QED) is 0.826. The zero-order chi connectivity index (χ0) is 19.6. The molecule has 5 rings (SSSR count). The van der Waals surface area contributed by atoms with Crippen LogP contribution in [0.2, 0.25) is 0 Å². The minimum Gasteiger partial charge on any atom is -0.378 e. The number of hydrogen-bond acceptors (Lipinski definition) is 6. The van der Waals surface area contributed by atoms with Gasteiger partial charge in [0.15, 0.2) is 0 Å². The largest absolute Gasteiger partial charge is 0.378 e. The number of nitrogens with one attached hydrogen (secondary N) is 1. The minimum atomic E-state index is 0.454. The molecule has 6 nitrogen and oxygen atoms in total. The predicted octanol–water partition coefficient (Wildman–Crippen LogP) is 4.53. The van der Waals surface area contributed by atoms with Crippen LogP contribution in [0.4, 0.5) is 17.5 Å². The smallest absolute Gasteiger partial charge is 0.227 e. The first-order chi connectivity index (χ1) is 14.3. The van der Waals surface area contributed by atoms with Crippen LogP contribution in [0.5, 0.6) is 0 Å². The van der Waals surface area contributed by atoms with E-state index in [4.69, 9.17) is 9.72 Å². The van der Waals surface area contributed by atoms with Crippen molar-refractivity contribution in [3.8, 4) is 0 Å². The Morgan fingerprint density at radius 3 is 2.62 bits per heavy atom. The van der Waals surface area contributed by atoms with Gasteiger partial charge in [0.2, 0.25) is 5.95 Å². The van der Waals surface area contributed by atoms with E-state index in [0.717, 1.165) is 43.7 Å². The Kier molecular flexibility index (Phi) is 5.19. The molecule has 1 atom stereocenters. The third kappa shape index (κ3) is 3.86. The van der Waals surface area contributed by atoms with Gasteiger partial charge in [0.25, 0.3) is 0 Å². The van der Waals surface area contributed by atoms with Gasteiger partial charge in [-0.05, 0) is 37.8 Å². The molecular weight excluding hydrogens is 362 g/mol. The molecule has 1 aliphatic heterocycles. The summed E-state index contributed by atoms with van der Waals surface area (Å²) < 4.78 is 5.42. The van der Waals surface area contributed by atoms with Crippen LogP contribution in [-0.4, -0.2) is 41.3 Å². The number of ether oxygens (including phenoxy) is 1. The standard InChI is InChI=1S/C23H29N5O/c1-16-13-18-14-25-23(27-22(18)21(16)17-5-3-2-4-6-17)26-19-7-8-20(24-15-19)28-9-11-29-12-10-28/h7-8,13-15,17,21H,2-6,9-12H2,1H3,(H,25,26,27). The van der Waals surface area contributed by atoms with Crippen molar-refractivity contribution in [2.75, 3.05) is 36.5 Å². The van der Waals surface area contributed by atoms with Crippen molar-refractivity contribution < 1.29 is 4.74 Å². The summed E-state index contributed by atoms with van der Waals surface area (Å²) in [5.41, 5.74) is 4.74. The van der Waals surface area contributed by atoms with Crippen molar-refractivity contribution in [2.45, 2.75) is 44.9 Å². The fourth-order valence-electron chi connectivity index (χ4n) is 5.01. The van der Waals surface area contributed by atoms with Gasteiger partial charge in [-0.2, -0.15) is 0 Å². The lowest BCUT2D eigenvalue weighted by Gasteiger charge is -2.29. The van der Waals surface area contributed by atoms with Gasteiger partial charge in [0.1, 0.15) is 5.82 Å². The fourth-order valence-corrected chi connectivity index (χ4v) is 5.01. The van der Waals surface area contributed by atoms with Crippen molar-refractivity contribution in [1.29, 1.82) is 0 Å². The maximum atomic E-state index is 5.42. The summed E-state index contributed by atoms with van der Waals surface area (Å²) in [5.74, 6) is 2.83. The zero-order valence-corrected chi connectivity index (χ0v) is 17.1. The van der Waals surface area contributed by atoms with Gasteiger partial charge in [-0.3, -0.25) is 0 Å². The second-order valence-electron chi connectivity index (χ2n) is 8.43. The van der Waals surface area contributed by atoms with Crippen molar-refractivity contribution in [3.05, 3.63) is 41.4 Å². The molecule has 1 N–H and O–H groups in total. The predicted molar refractivity (Wildman–Crippen MR) is 116 cm³/mol. The monoisotopic (exact) mass is 391 g/mol. The van der Waals surface area contributed by atoms with Crippen molar-refractivity contribution in [2.24, 2.45) is 5.92 Å². The lowest BCUT2D eigenvalue weighted by Crippen LogP contribution is -2.36. The number of allylic oxidation sites excluding steroid dienone is 1. The fraction of sp³-hybridized carbons (Fsp3) is 0.522. The topological polar surface area (TPSA) is 63.2 Å². The van der Waals surface area contributed by atoms with Crippen LogP contribution in [0.25, 0.3) is 6.08 Å². The molecule has 152 valence electrons. The van der Waals surface area contributed by atoms with Gasteiger partial charge in [0, 0.05) is 30.8 Å². The van der Waals surface area contributed by atoms with Gasteiger partial charge in [-0.1, -0.05) is 30.9 Å². The molecule has 2 fully saturated rings. The molecule has 1 saturated heterocycles. The first kappa shape index (κ1) is 18.6. The molecule has 0 amide bonds. The first-order valence-corrected chi connectivity index (χ1v) is 10.9. The number of anilines is 3. The highest BCUT2D eigenvalue weighted by molar-refractivity contribution is 5.65. The van der Waals surface area contributed by atoms with E-state index in [1.807, 2.05) is 12.4 Å². The summed E-state index contributed by atoms with van der Waals surface area (Å²) in [4.78, 5) is 16.4. The Hall–Kier alpha value is -2.47. The SMILES string of the molecule is CC1=Cc2cnc(Nc3ccc(N4CCOCC4)nc3)nc2C1C1CCCCC1. The highest BCUT2D eigenvalue weighted by Gasteiger charge is 2.32. The number of pyridine rings is 1. The average Bonchev–Trinajstić information content (AvgIpc) is 3.10. The lowest BCUT2D eigenvalue weighted by molar-refractivity contribution is 0.122. The van der Waals surface area contributed by atoms with Crippen molar-refractivity contribution >= 4 is 23.5 Å². The number of hydrogen-bond donors (Lipinski definition) is 1. The normalized spacial score (nSPS) is 22.3. The summed E-state index contributed by atoms with van der Waals surface area (Å²) in [5, 5.41) is 3.35. The Bertz CT molecular complexity index is 883. The molecule has 2 aromatic heterocycles. The molecule has 0 aromatic carbocycles. The van der Waals surface area contributed by atoms with Gasteiger partial charge in [-0.15, -0.1) is 0 Å². The van der Waals surface area contributed by atoms with E-state index in [-0.39, 0.29) is 0 Å². The summed E-state index contributed by atoms with van der Waals surface area (Å²) >= 11 is 0. The van der Waals surface area contributed by atoms with E-state index in [9.17, 15) is 0 Å². The summed E-state index contributed by atoms with van der Waals surface area (Å²) in [6.07, 6.45) is 12.8. The molecule has 0 bridgehead atoms. The summed E-state index contributed by atoms with van der Waals surface area (Å²) in [6.45, 7) is 5.56. The van der Waals surface area contributed by atoms with Gasteiger partial charge in [-0.25, -0.2) is 15.0 Å². The Balaban J connectivity index is 1.32. The number of nitrogens with zero attached hydrogens (tertiary/aromatic N) is 4. The number of fused-ring (bicyclic) bond motifs is 1. The molecule has 2 aliphatic carbocycles. The molecule has 29 heavy (non-hydrogen) atoms. The van der Waals surface area contributed by atoms with E-state index in [1.165, 1.54) is 48.9 Å². The summed E-state index contributed by atoms with van der Waals surface area (Å²) in [7, 11) is 0. The van der Waals surface area contributed by atoms with Crippen LogP contribution < -0.4 is 10.2 Å². The van der Waals surface area contributed by atoms with Crippen molar-refractivity contribution in [1.82, 2.24) is 15.0 Å². The molecule has 6 heteroatoms. The minimum absolute atomic E-state index is 0.454. The summed E-state index contributed by atoms with van der Waals surface area (Å²) in [6, 6.07) is 4.11. The van der Waals surface area contributed by atoms with Crippen LogP contribution in [0.1, 0.15) is 56.2 Å². The number of morpholine rings is 1. The van der Waals surface area contributed by atoms with Crippen LogP contribution >= 0.6 is 0 Å². The number of rotatable bonds is 4. The van der Waals surface area contributed by atoms with Crippen LogP contribution in [0.15, 0.2) is 30.1 Å². The van der Waals surface area contributed by atoms with E-state index >= 15 is 0 Å². The van der Waals surface area contributed by atoms with E-state index in [1.54, 1.807) is 0 Å².